The Hall–Kier alpha value is -2.57. The Bertz CT molecular complexity index is 752. The molecule has 1 atom stereocenters. The van der Waals surface area contributed by atoms with E-state index in [1.165, 1.54) is 17.7 Å². The zero-order valence-corrected chi connectivity index (χ0v) is 15.2. The molecule has 3 aliphatic rings. The van der Waals surface area contributed by atoms with Gasteiger partial charge in [-0.15, -0.1) is 0 Å². The molecule has 0 spiro atoms. The fraction of sp³-hybridized carbons (Fsp3) is 0.526. The van der Waals surface area contributed by atoms with Crippen LogP contribution in [-0.4, -0.2) is 36.5 Å². The largest absolute Gasteiger partial charge is 0.354 e. The molecule has 0 aromatic heterocycles. The second-order valence-corrected chi connectivity index (χ2v) is 7.56. The standard InChI is InChI=1S/C19H25N5O2/c1-19(13-5-6-13)16(25)24(18(26)23-19)15-9-3-12(4-10-15)11-21-17(20-2)22-14-7-8-14/h3-4,9-10,13-14H,5-8,11H2,1-2H3,(H,23,26)(H2,20,21,22). The number of carbonyl (C=O) groups is 2. The number of anilines is 1. The van der Waals surface area contributed by atoms with Gasteiger partial charge in [-0.1, -0.05) is 12.1 Å². The highest BCUT2D eigenvalue weighted by Gasteiger charge is 2.56. The quantitative estimate of drug-likeness (QED) is 0.427. The van der Waals surface area contributed by atoms with Crippen molar-refractivity contribution >= 4 is 23.6 Å². The van der Waals surface area contributed by atoms with Crippen LogP contribution < -0.4 is 20.9 Å². The molecule has 1 aromatic carbocycles. The second kappa shape index (κ2) is 6.30. The Kier molecular flexibility index (Phi) is 4.09. The highest BCUT2D eigenvalue weighted by molar-refractivity contribution is 6.23. The van der Waals surface area contributed by atoms with Gasteiger partial charge in [0.05, 0.1) is 5.69 Å². The monoisotopic (exact) mass is 355 g/mol. The van der Waals surface area contributed by atoms with Gasteiger partial charge in [0.1, 0.15) is 5.54 Å². The van der Waals surface area contributed by atoms with E-state index < -0.39 is 5.54 Å². The molecule has 0 radical (unpaired) electrons. The van der Waals surface area contributed by atoms with E-state index in [9.17, 15) is 9.59 Å². The van der Waals surface area contributed by atoms with Gasteiger partial charge in [-0.2, -0.15) is 0 Å². The molecular formula is C19H25N5O2. The summed E-state index contributed by atoms with van der Waals surface area (Å²) >= 11 is 0. The molecule has 1 heterocycles. The van der Waals surface area contributed by atoms with Gasteiger partial charge in [-0.25, -0.2) is 9.69 Å². The van der Waals surface area contributed by atoms with Crippen molar-refractivity contribution in [1.82, 2.24) is 16.0 Å². The molecule has 138 valence electrons. The summed E-state index contributed by atoms with van der Waals surface area (Å²) < 4.78 is 0. The summed E-state index contributed by atoms with van der Waals surface area (Å²) in [7, 11) is 1.76. The molecule has 7 nitrogen and oxygen atoms in total. The molecule has 2 aliphatic carbocycles. The first kappa shape index (κ1) is 16.9. The van der Waals surface area contributed by atoms with E-state index >= 15 is 0 Å². The summed E-state index contributed by atoms with van der Waals surface area (Å²) in [6.07, 6.45) is 4.39. The lowest BCUT2D eigenvalue weighted by molar-refractivity contribution is -0.122. The number of carbonyl (C=O) groups excluding carboxylic acids is 2. The highest BCUT2D eigenvalue weighted by atomic mass is 16.2. The number of nitrogens with zero attached hydrogens (tertiary/aromatic N) is 2. The van der Waals surface area contributed by atoms with Crippen molar-refractivity contribution in [2.75, 3.05) is 11.9 Å². The molecule has 3 N–H and O–H groups in total. The molecular weight excluding hydrogens is 330 g/mol. The van der Waals surface area contributed by atoms with Gasteiger partial charge in [0.2, 0.25) is 0 Å². The smallest absolute Gasteiger partial charge is 0.329 e. The SMILES string of the molecule is CN=C(NCc1ccc(N2C(=O)NC(C)(C3CC3)C2=O)cc1)NC1CC1. The van der Waals surface area contributed by atoms with E-state index in [4.69, 9.17) is 0 Å². The summed E-state index contributed by atoms with van der Waals surface area (Å²) in [6, 6.07) is 7.72. The van der Waals surface area contributed by atoms with E-state index in [-0.39, 0.29) is 17.9 Å². The number of amides is 3. The number of hydrogen-bond acceptors (Lipinski definition) is 3. The number of rotatable bonds is 5. The Morgan fingerprint density at radius 3 is 2.50 bits per heavy atom. The first-order valence-corrected chi connectivity index (χ1v) is 9.24. The van der Waals surface area contributed by atoms with Crippen molar-refractivity contribution in [3.05, 3.63) is 29.8 Å². The molecule has 2 saturated carbocycles. The number of nitrogens with one attached hydrogen (secondary N) is 3. The molecule has 26 heavy (non-hydrogen) atoms. The molecule has 7 heteroatoms. The van der Waals surface area contributed by atoms with Crippen LogP contribution in [0.2, 0.25) is 0 Å². The Balaban J connectivity index is 1.41. The van der Waals surface area contributed by atoms with Crippen LogP contribution in [0.1, 0.15) is 38.2 Å². The lowest BCUT2D eigenvalue weighted by Crippen LogP contribution is -2.46. The van der Waals surface area contributed by atoms with Gasteiger partial charge in [0, 0.05) is 19.6 Å². The summed E-state index contributed by atoms with van der Waals surface area (Å²) in [5, 5.41) is 9.49. The number of imide groups is 1. The van der Waals surface area contributed by atoms with Crippen LogP contribution in [0.25, 0.3) is 0 Å². The average molecular weight is 355 g/mol. The van der Waals surface area contributed by atoms with Gasteiger partial charge < -0.3 is 16.0 Å². The van der Waals surface area contributed by atoms with Gasteiger partial charge in [-0.3, -0.25) is 9.79 Å². The molecule has 3 amide bonds. The van der Waals surface area contributed by atoms with Crippen LogP contribution >= 0.6 is 0 Å². The molecule has 3 fully saturated rings. The van der Waals surface area contributed by atoms with Gasteiger partial charge >= 0.3 is 6.03 Å². The van der Waals surface area contributed by atoms with E-state index in [1.807, 2.05) is 31.2 Å². The minimum atomic E-state index is -0.752. The Morgan fingerprint density at radius 1 is 1.23 bits per heavy atom. The third-order valence-electron chi connectivity index (χ3n) is 5.41. The maximum absolute atomic E-state index is 12.8. The van der Waals surface area contributed by atoms with E-state index in [0.717, 1.165) is 24.4 Å². The first-order chi connectivity index (χ1) is 12.5. The number of hydrogen-bond donors (Lipinski definition) is 3. The predicted octanol–water partition coefficient (Wildman–Crippen LogP) is 1.74. The lowest BCUT2D eigenvalue weighted by Gasteiger charge is -2.21. The maximum Gasteiger partial charge on any atom is 0.329 e. The van der Waals surface area contributed by atoms with E-state index in [0.29, 0.717) is 18.3 Å². The van der Waals surface area contributed by atoms with Crippen LogP contribution in [-0.2, 0) is 11.3 Å². The minimum absolute atomic E-state index is 0.148. The molecule has 1 saturated heterocycles. The third-order valence-corrected chi connectivity index (χ3v) is 5.41. The average Bonchev–Trinajstić information content (AvgIpc) is 3.53. The highest BCUT2D eigenvalue weighted by Crippen LogP contribution is 2.43. The fourth-order valence-electron chi connectivity index (χ4n) is 3.39. The van der Waals surface area contributed by atoms with Crippen LogP contribution in [0.15, 0.2) is 29.3 Å². The van der Waals surface area contributed by atoms with Crippen molar-refractivity contribution in [3.63, 3.8) is 0 Å². The number of urea groups is 1. The number of aliphatic imine (C=N–C) groups is 1. The van der Waals surface area contributed by atoms with Crippen LogP contribution in [0.4, 0.5) is 10.5 Å². The minimum Gasteiger partial charge on any atom is -0.354 e. The van der Waals surface area contributed by atoms with E-state index in [2.05, 4.69) is 20.9 Å². The Morgan fingerprint density at radius 2 is 1.92 bits per heavy atom. The number of benzene rings is 1. The number of guanidine groups is 1. The summed E-state index contributed by atoms with van der Waals surface area (Å²) in [4.78, 5) is 30.6. The van der Waals surface area contributed by atoms with Crippen molar-refractivity contribution in [1.29, 1.82) is 0 Å². The topological polar surface area (TPSA) is 85.8 Å². The zero-order chi connectivity index (χ0) is 18.3. The van der Waals surface area contributed by atoms with Crippen molar-refractivity contribution in [3.8, 4) is 0 Å². The summed E-state index contributed by atoms with van der Waals surface area (Å²) in [5.41, 5.74) is 0.920. The van der Waals surface area contributed by atoms with Gasteiger partial charge in [0.15, 0.2) is 5.96 Å². The normalized spacial score (nSPS) is 26.1. The maximum atomic E-state index is 12.8. The second-order valence-electron chi connectivity index (χ2n) is 7.56. The molecule has 4 rings (SSSR count). The van der Waals surface area contributed by atoms with Crippen LogP contribution in [0.3, 0.4) is 0 Å². The van der Waals surface area contributed by atoms with Crippen molar-refractivity contribution in [2.45, 2.75) is 50.7 Å². The van der Waals surface area contributed by atoms with Crippen LogP contribution in [0.5, 0.6) is 0 Å². The summed E-state index contributed by atoms with van der Waals surface area (Å²) in [6.45, 7) is 2.47. The van der Waals surface area contributed by atoms with Gasteiger partial charge in [0.25, 0.3) is 5.91 Å². The van der Waals surface area contributed by atoms with Crippen molar-refractivity contribution in [2.24, 2.45) is 10.9 Å². The fourth-order valence-corrected chi connectivity index (χ4v) is 3.39. The predicted molar refractivity (Wildman–Crippen MR) is 99.9 cm³/mol. The summed E-state index contributed by atoms with van der Waals surface area (Å²) in [5.74, 6) is 0.911. The molecule has 1 aromatic rings. The van der Waals surface area contributed by atoms with Crippen LogP contribution in [0, 0.1) is 5.92 Å². The molecule has 1 unspecified atom stereocenters. The lowest BCUT2D eigenvalue weighted by atomic mass is 9.96. The Labute approximate surface area is 153 Å². The third kappa shape index (κ3) is 3.13. The van der Waals surface area contributed by atoms with Gasteiger partial charge in [-0.05, 0) is 56.2 Å². The zero-order valence-electron chi connectivity index (χ0n) is 15.2. The van der Waals surface area contributed by atoms with Crippen molar-refractivity contribution < 1.29 is 9.59 Å². The molecule has 0 bridgehead atoms. The molecule has 1 aliphatic heterocycles. The van der Waals surface area contributed by atoms with E-state index in [1.54, 1.807) is 7.05 Å². The first-order valence-electron chi connectivity index (χ1n) is 9.24.